The lowest BCUT2D eigenvalue weighted by Gasteiger charge is -2.17. The molecule has 9 nitrogen and oxygen atoms in total. The molecule has 0 saturated heterocycles. The molecule has 11 heteroatoms. The average molecular weight is 522 g/mol. The first-order valence-electron chi connectivity index (χ1n) is 11.6. The van der Waals surface area contributed by atoms with E-state index in [0.29, 0.717) is 38.2 Å². The van der Waals surface area contributed by atoms with Crippen molar-refractivity contribution in [3.63, 3.8) is 0 Å². The number of hydrogen-bond acceptors (Lipinski definition) is 9. The van der Waals surface area contributed by atoms with E-state index in [-0.39, 0.29) is 12.3 Å². The highest BCUT2D eigenvalue weighted by atomic mass is 31.2. The molecule has 0 aliphatic rings. The van der Waals surface area contributed by atoms with E-state index in [1.165, 1.54) is 0 Å². The van der Waals surface area contributed by atoms with E-state index in [9.17, 15) is 9.13 Å². The van der Waals surface area contributed by atoms with Gasteiger partial charge in [-0.2, -0.15) is 0 Å². The summed E-state index contributed by atoms with van der Waals surface area (Å²) in [7, 11) is -6.35. The summed E-state index contributed by atoms with van der Waals surface area (Å²) in [4.78, 5) is 0. The topological polar surface area (TPSA) is 110 Å². The van der Waals surface area contributed by atoms with Crippen LogP contribution in [0.2, 0.25) is 0 Å². The predicted molar refractivity (Wildman–Crippen MR) is 134 cm³/mol. The SMILES string of the molecule is CCOP(=O)(Cc1ccc(-c2nnc(-c3ccc(CP(=O)(OCC)OCC)cc3)o2)cc1)OCC. The third-order valence-electron chi connectivity index (χ3n) is 4.88. The maximum atomic E-state index is 12.7. The van der Waals surface area contributed by atoms with Crippen molar-refractivity contribution < 1.29 is 31.6 Å². The van der Waals surface area contributed by atoms with Gasteiger partial charge >= 0.3 is 15.2 Å². The minimum atomic E-state index is -3.17. The molecule has 0 radical (unpaired) electrons. The molecular weight excluding hydrogens is 490 g/mol. The Balaban J connectivity index is 1.70. The van der Waals surface area contributed by atoms with Crippen molar-refractivity contribution >= 4 is 15.2 Å². The van der Waals surface area contributed by atoms with E-state index in [1.807, 2.05) is 48.5 Å². The molecular formula is C24H32N2O7P2. The van der Waals surface area contributed by atoms with E-state index in [2.05, 4.69) is 10.2 Å². The second kappa shape index (κ2) is 12.7. The van der Waals surface area contributed by atoms with Crippen molar-refractivity contribution in [3.8, 4) is 22.9 Å². The van der Waals surface area contributed by atoms with Gasteiger partial charge in [-0.15, -0.1) is 10.2 Å². The van der Waals surface area contributed by atoms with Gasteiger partial charge in [-0.05, 0) is 63.1 Å². The second-order valence-corrected chi connectivity index (χ2v) is 11.6. The first kappa shape index (κ1) is 27.5. The van der Waals surface area contributed by atoms with Crippen LogP contribution in [0.25, 0.3) is 22.9 Å². The molecule has 0 atom stereocenters. The zero-order chi connectivity index (χ0) is 25.3. The summed E-state index contributed by atoms with van der Waals surface area (Å²) in [6.45, 7) is 8.42. The maximum absolute atomic E-state index is 12.7. The van der Waals surface area contributed by atoms with Crippen molar-refractivity contribution in [2.45, 2.75) is 40.0 Å². The number of aromatic nitrogens is 2. The van der Waals surface area contributed by atoms with Crippen molar-refractivity contribution in [3.05, 3.63) is 59.7 Å². The third kappa shape index (κ3) is 7.68. The molecule has 0 N–H and O–H groups in total. The number of nitrogens with zero attached hydrogens (tertiary/aromatic N) is 2. The molecule has 3 aromatic rings. The van der Waals surface area contributed by atoms with Gasteiger partial charge in [-0.1, -0.05) is 24.3 Å². The molecule has 1 heterocycles. The van der Waals surface area contributed by atoms with Crippen LogP contribution >= 0.6 is 15.2 Å². The predicted octanol–water partition coefficient (Wildman–Crippen LogP) is 6.94. The molecule has 0 unspecified atom stereocenters. The molecule has 2 aromatic carbocycles. The van der Waals surface area contributed by atoms with Gasteiger partial charge in [0, 0.05) is 11.1 Å². The van der Waals surface area contributed by atoms with Crippen LogP contribution in [0.3, 0.4) is 0 Å². The van der Waals surface area contributed by atoms with Crippen LogP contribution in [0.1, 0.15) is 38.8 Å². The van der Waals surface area contributed by atoms with Gasteiger partial charge in [0.1, 0.15) is 0 Å². The maximum Gasteiger partial charge on any atom is 0.335 e. The van der Waals surface area contributed by atoms with Crippen LogP contribution in [-0.2, 0) is 39.5 Å². The lowest BCUT2D eigenvalue weighted by molar-refractivity contribution is 0.218. The summed E-state index contributed by atoms with van der Waals surface area (Å²) < 4.78 is 52.8. The van der Waals surface area contributed by atoms with Gasteiger partial charge in [-0.3, -0.25) is 9.13 Å². The molecule has 0 bridgehead atoms. The van der Waals surface area contributed by atoms with Crippen molar-refractivity contribution in [2.75, 3.05) is 26.4 Å². The monoisotopic (exact) mass is 522 g/mol. The summed E-state index contributed by atoms with van der Waals surface area (Å²) >= 11 is 0. The van der Waals surface area contributed by atoms with Gasteiger partial charge in [0.25, 0.3) is 0 Å². The first-order chi connectivity index (χ1) is 16.8. The van der Waals surface area contributed by atoms with Crippen LogP contribution in [-0.4, -0.2) is 36.6 Å². The lowest BCUT2D eigenvalue weighted by Crippen LogP contribution is -1.99. The van der Waals surface area contributed by atoms with Crippen molar-refractivity contribution in [1.29, 1.82) is 0 Å². The zero-order valence-corrected chi connectivity index (χ0v) is 22.3. The van der Waals surface area contributed by atoms with Crippen LogP contribution in [0.15, 0.2) is 52.9 Å². The zero-order valence-electron chi connectivity index (χ0n) is 20.5. The summed E-state index contributed by atoms with van der Waals surface area (Å²) in [5.41, 5.74) is 3.12. The van der Waals surface area contributed by atoms with Crippen LogP contribution in [0.5, 0.6) is 0 Å². The Morgan fingerprint density at radius 2 is 0.914 bits per heavy atom. The second-order valence-electron chi connectivity index (χ2n) is 7.52. The number of benzene rings is 2. The molecule has 0 aliphatic heterocycles. The van der Waals surface area contributed by atoms with Crippen molar-refractivity contribution in [1.82, 2.24) is 10.2 Å². The normalized spacial score (nSPS) is 12.2. The molecule has 0 saturated carbocycles. The molecule has 0 aliphatic carbocycles. The van der Waals surface area contributed by atoms with Gasteiger partial charge in [0.05, 0.1) is 38.8 Å². The fraction of sp³-hybridized carbons (Fsp3) is 0.417. The minimum absolute atomic E-state index is 0.190. The van der Waals surface area contributed by atoms with Gasteiger partial charge in [0.2, 0.25) is 11.8 Å². The summed E-state index contributed by atoms with van der Waals surface area (Å²) in [5.74, 6) is 0.733. The van der Waals surface area contributed by atoms with Crippen LogP contribution < -0.4 is 0 Å². The van der Waals surface area contributed by atoms with Gasteiger partial charge in [0.15, 0.2) is 0 Å². The fourth-order valence-corrected chi connectivity index (χ4v) is 6.86. The highest BCUT2D eigenvalue weighted by Crippen LogP contribution is 2.52. The van der Waals surface area contributed by atoms with Crippen LogP contribution in [0.4, 0.5) is 0 Å². The Morgan fingerprint density at radius 3 is 1.20 bits per heavy atom. The van der Waals surface area contributed by atoms with Crippen molar-refractivity contribution in [2.24, 2.45) is 0 Å². The Hall–Kier alpha value is -2.12. The van der Waals surface area contributed by atoms with Gasteiger partial charge < -0.3 is 22.5 Å². The van der Waals surface area contributed by atoms with E-state index < -0.39 is 15.2 Å². The van der Waals surface area contributed by atoms with Crippen LogP contribution in [0, 0.1) is 0 Å². The number of hydrogen-bond donors (Lipinski definition) is 0. The standard InChI is InChI=1S/C24H32N2O7P2/c1-5-29-34(27,30-6-2)17-19-9-13-21(14-10-19)23-25-26-24(33-23)22-15-11-20(12-16-22)18-35(28,31-7-3)32-8-4/h9-16H,5-8,17-18H2,1-4H3. The Labute approximate surface area is 206 Å². The smallest absolute Gasteiger partial charge is 0.335 e. The first-order valence-corrected chi connectivity index (χ1v) is 15.1. The molecule has 1 aromatic heterocycles. The molecule has 190 valence electrons. The fourth-order valence-electron chi connectivity index (χ4n) is 3.45. The quantitative estimate of drug-likeness (QED) is 0.208. The average Bonchev–Trinajstić information content (AvgIpc) is 3.31. The summed E-state index contributed by atoms with van der Waals surface area (Å²) in [6.07, 6.45) is 0.381. The minimum Gasteiger partial charge on any atom is -0.416 e. The van der Waals surface area contributed by atoms with E-state index in [0.717, 1.165) is 22.3 Å². The third-order valence-corrected chi connectivity index (χ3v) is 8.99. The highest BCUT2D eigenvalue weighted by Gasteiger charge is 2.25. The highest BCUT2D eigenvalue weighted by molar-refractivity contribution is 7.53. The largest absolute Gasteiger partial charge is 0.416 e. The van der Waals surface area contributed by atoms with E-state index in [1.54, 1.807) is 27.7 Å². The molecule has 0 spiro atoms. The van der Waals surface area contributed by atoms with E-state index in [4.69, 9.17) is 22.5 Å². The molecule has 3 rings (SSSR count). The lowest BCUT2D eigenvalue weighted by atomic mass is 10.1. The molecule has 0 amide bonds. The van der Waals surface area contributed by atoms with Gasteiger partial charge in [-0.25, -0.2) is 0 Å². The Bertz CT molecular complexity index is 1050. The Kier molecular flexibility index (Phi) is 9.99. The Morgan fingerprint density at radius 1 is 0.600 bits per heavy atom. The summed E-state index contributed by atoms with van der Waals surface area (Å²) in [5, 5.41) is 8.30. The number of rotatable bonds is 14. The van der Waals surface area contributed by atoms with E-state index >= 15 is 0 Å². The molecule has 35 heavy (non-hydrogen) atoms. The summed E-state index contributed by atoms with van der Waals surface area (Å²) in [6, 6.07) is 14.7. The molecule has 0 fully saturated rings.